The first-order chi connectivity index (χ1) is 10.0. The molecule has 0 aliphatic heterocycles. The molecule has 7 nitrogen and oxygen atoms in total. The van der Waals surface area contributed by atoms with E-state index in [2.05, 4.69) is 27.2 Å². The molecule has 0 bridgehead atoms. The second-order valence-electron chi connectivity index (χ2n) is 5.47. The Labute approximate surface area is 125 Å². The summed E-state index contributed by atoms with van der Waals surface area (Å²) >= 11 is 0. The third kappa shape index (κ3) is 3.82. The summed E-state index contributed by atoms with van der Waals surface area (Å²) in [5.41, 5.74) is 0.310. The van der Waals surface area contributed by atoms with Crippen molar-refractivity contribution in [1.29, 1.82) is 0 Å². The number of nitrogens with one attached hydrogen (secondary N) is 3. The predicted molar refractivity (Wildman–Crippen MR) is 79.4 cm³/mol. The van der Waals surface area contributed by atoms with Crippen LogP contribution in [-0.2, 0) is 21.3 Å². The Morgan fingerprint density at radius 1 is 1.48 bits per heavy atom. The Morgan fingerprint density at radius 3 is 2.81 bits per heavy atom. The second-order valence-corrected chi connectivity index (χ2v) is 7.17. The van der Waals surface area contributed by atoms with Crippen LogP contribution < -0.4 is 10.0 Å². The molecule has 1 aromatic heterocycles. The van der Waals surface area contributed by atoms with Crippen molar-refractivity contribution < 1.29 is 13.2 Å². The lowest BCUT2D eigenvalue weighted by Crippen LogP contribution is -2.49. The van der Waals surface area contributed by atoms with Gasteiger partial charge in [-0.3, -0.25) is 5.10 Å². The lowest BCUT2D eigenvalue weighted by Gasteiger charge is -2.40. The molecule has 120 valence electrons. The number of nitrogens with zero attached hydrogens (tertiary/aromatic N) is 1. The van der Waals surface area contributed by atoms with Crippen LogP contribution in [0, 0.1) is 0 Å². The molecule has 0 aromatic carbocycles. The van der Waals surface area contributed by atoms with Crippen molar-refractivity contribution in [3.63, 3.8) is 0 Å². The summed E-state index contributed by atoms with van der Waals surface area (Å²) in [4.78, 5) is 0. The number of aromatic amines is 1. The largest absolute Gasteiger partial charge is 0.377 e. The van der Waals surface area contributed by atoms with Crippen molar-refractivity contribution in [2.24, 2.45) is 0 Å². The van der Waals surface area contributed by atoms with Gasteiger partial charge in [-0.2, -0.15) is 5.10 Å². The van der Waals surface area contributed by atoms with Crippen molar-refractivity contribution in [2.75, 3.05) is 20.2 Å². The molecule has 1 aromatic rings. The molecular formula is C13H24N4O3S. The molecule has 0 amide bonds. The van der Waals surface area contributed by atoms with Crippen molar-refractivity contribution in [1.82, 2.24) is 20.2 Å². The summed E-state index contributed by atoms with van der Waals surface area (Å²) in [5, 5.41) is 9.75. The van der Waals surface area contributed by atoms with Gasteiger partial charge in [0.05, 0.1) is 11.8 Å². The summed E-state index contributed by atoms with van der Waals surface area (Å²) in [6.45, 7) is 3.68. The van der Waals surface area contributed by atoms with Gasteiger partial charge in [0.1, 0.15) is 0 Å². The molecule has 2 rings (SSSR count). The molecule has 1 aliphatic carbocycles. The minimum atomic E-state index is -3.59. The van der Waals surface area contributed by atoms with Gasteiger partial charge < -0.3 is 10.1 Å². The molecule has 0 saturated heterocycles. The van der Waals surface area contributed by atoms with Gasteiger partial charge in [0.2, 0.25) is 0 Å². The molecule has 0 radical (unpaired) electrons. The third-order valence-corrected chi connectivity index (χ3v) is 5.39. The van der Waals surface area contributed by atoms with Gasteiger partial charge in [-0.1, -0.05) is 6.92 Å². The van der Waals surface area contributed by atoms with Crippen LogP contribution in [0.5, 0.6) is 0 Å². The Kier molecular flexibility index (Phi) is 5.37. The minimum Gasteiger partial charge on any atom is -0.377 e. The van der Waals surface area contributed by atoms with Crippen LogP contribution in [0.4, 0.5) is 0 Å². The van der Waals surface area contributed by atoms with Gasteiger partial charge >= 0.3 is 0 Å². The lowest BCUT2D eigenvalue weighted by molar-refractivity contribution is -0.0659. The maximum atomic E-state index is 12.4. The van der Waals surface area contributed by atoms with E-state index in [1.807, 2.05) is 0 Å². The fourth-order valence-electron chi connectivity index (χ4n) is 2.38. The fourth-order valence-corrected chi connectivity index (χ4v) is 3.62. The average molecular weight is 316 g/mol. The van der Waals surface area contributed by atoms with Crippen LogP contribution >= 0.6 is 0 Å². The zero-order chi connectivity index (χ0) is 15.3. The first-order valence-corrected chi connectivity index (χ1v) is 8.79. The normalized spacial score (nSPS) is 17.6. The van der Waals surface area contributed by atoms with E-state index in [1.165, 1.54) is 0 Å². The number of sulfonamides is 1. The van der Waals surface area contributed by atoms with E-state index in [0.717, 1.165) is 32.2 Å². The number of ether oxygens (including phenoxy) is 1. The number of hydrogen-bond donors (Lipinski definition) is 3. The zero-order valence-corrected chi connectivity index (χ0v) is 13.4. The maximum absolute atomic E-state index is 12.4. The Balaban J connectivity index is 2.00. The summed E-state index contributed by atoms with van der Waals surface area (Å²) in [6, 6.07) is 0. The van der Waals surface area contributed by atoms with Crippen molar-refractivity contribution >= 4 is 10.0 Å². The molecule has 1 fully saturated rings. The van der Waals surface area contributed by atoms with E-state index < -0.39 is 10.0 Å². The van der Waals surface area contributed by atoms with Crippen LogP contribution in [0.25, 0.3) is 0 Å². The fraction of sp³-hybridized carbons (Fsp3) is 0.769. The highest BCUT2D eigenvalue weighted by molar-refractivity contribution is 7.89. The Bertz CT molecular complexity index is 546. The van der Waals surface area contributed by atoms with Gasteiger partial charge in [-0.25, -0.2) is 13.1 Å². The van der Waals surface area contributed by atoms with E-state index in [-0.39, 0.29) is 10.6 Å². The highest BCUT2D eigenvalue weighted by atomic mass is 32.2. The minimum absolute atomic E-state index is 0.136. The van der Waals surface area contributed by atoms with E-state index in [0.29, 0.717) is 18.7 Å². The second kappa shape index (κ2) is 6.87. The lowest BCUT2D eigenvalue weighted by atomic mass is 9.80. The quantitative estimate of drug-likeness (QED) is 0.584. The van der Waals surface area contributed by atoms with E-state index in [9.17, 15) is 8.42 Å². The number of H-pyrrole nitrogens is 1. The van der Waals surface area contributed by atoms with Crippen molar-refractivity contribution in [3.05, 3.63) is 11.8 Å². The molecule has 1 aliphatic rings. The maximum Gasteiger partial charge on any atom is 0.257 e. The molecule has 1 saturated carbocycles. The van der Waals surface area contributed by atoms with Crippen LogP contribution in [0.1, 0.15) is 38.2 Å². The Morgan fingerprint density at radius 2 is 2.24 bits per heavy atom. The van der Waals surface area contributed by atoms with Crippen LogP contribution in [0.2, 0.25) is 0 Å². The molecule has 3 N–H and O–H groups in total. The number of rotatable bonds is 9. The molecule has 8 heteroatoms. The van der Waals surface area contributed by atoms with Crippen molar-refractivity contribution in [3.8, 4) is 0 Å². The average Bonchev–Trinajstić information content (AvgIpc) is 2.87. The number of methoxy groups -OCH3 is 1. The van der Waals surface area contributed by atoms with Gasteiger partial charge in [-0.15, -0.1) is 0 Å². The monoisotopic (exact) mass is 316 g/mol. The Hall–Kier alpha value is -0.960. The van der Waals surface area contributed by atoms with Crippen LogP contribution in [-0.4, -0.2) is 44.4 Å². The van der Waals surface area contributed by atoms with E-state index in [1.54, 1.807) is 13.3 Å². The molecule has 0 spiro atoms. The van der Waals surface area contributed by atoms with Gasteiger partial charge in [-0.05, 0) is 32.2 Å². The van der Waals surface area contributed by atoms with Gasteiger partial charge in [0, 0.05) is 25.8 Å². The summed E-state index contributed by atoms with van der Waals surface area (Å²) in [6.07, 6.45) is 5.40. The highest BCUT2D eigenvalue weighted by Crippen LogP contribution is 2.34. The molecular weight excluding hydrogens is 292 g/mol. The standard InChI is InChI=1S/C13H24N4O3S/c1-3-7-14-8-11-9-15-17-12(11)21(18,19)16-10-13(20-2)5-4-6-13/h9,14,16H,3-8,10H2,1-2H3,(H,15,17). The molecule has 0 atom stereocenters. The highest BCUT2D eigenvalue weighted by Gasteiger charge is 2.38. The van der Waals surface area contributed by atoms with Gasteiger partial charge in [0.15, 0.2) is 5.03 Å². The summed E-state index contributed by atoms with van der Waals surface area (Å²) in [5.74, 6) is 0. The summed E-state index contributed by atoms with van der Waals surface area (Å²) < 4.78 is 32.8. The molecule has 0 unspecified atom stereocenters. The van der Waals surface area contributed by atoms with E-state index >= 15 is 0 Å². The summed E-state index contributed by atoms with van der Waals surface area (Å²) in [7, 11) is -1.96. The first kappa shape index (κ1) is 16.4. The molecule has 21 heavy (non-hydrogen) atoms. The smallest absolute Gasteiger partial charge is 0.257 e. The van der Waals surface area contributed by atoms with Crippen LogP contribution in [0.3, 0.4) is 0 Å². The van der Waals surface area contributed by atoms with Crippen LogP contribution in [0.15, 0.2) is 11.2 Å². The zero-order valence-electron chi connectivity index (χ0n) is 12.6. The van der Waals surface area contributed by atoms with E-state index in [4.69, 9.17) is 4.74 Å². The molecule has 1 heterocycles. The van der Waals surface area contributed by atoms with Crippen molar-refractivity contribution in [2.45, 2.75) is 49.8 Å². The van der Waals surface area contributed by atoms with Gasteiger partial charge in [0.25, 0.3) is 10.0 Å². The number of hydrogen-bond acceptors (Lipinski definition) is 5. The SMILES string of the molecule is CCCNCc1cn[nH]c1S(=O)(=O)NCC1(OC)CCC1. The first-order valence-electron chi connectivity index (χ1n) is 7.31. The third-order valence-electron chi connectivity index (χ3n) is 3.97. The number of aromatic nitrogens is 2. The predicted octanol–water partition coefficient (Wildman–Crippen LogP) is 0.757. The topological polar surface area (TPSA) is 96.1 Å².